The first-order valence-electron chi connectivity index (χ1n) is 7.19. The minimum Gasteiger partial charge on any atom is -0.335 e. The summed E-state index contributed by atoms with van der Waals surface area (Å²) >= 11 is 5.84. The zero-order valence-corrected chi connectivity index (χ0v) is 13.8. The molecule has 2 heterocycles. The number of halogens is 1. The van der Waals surface area contributed by atoms with Crippen molar-refractivity contribution < 1.29 is 8.42 Å². The van der Waals surface area contributed by atoms with E-state index in [1.807, 2.05) is 12.3 Å². The number of sulfonamides is 1. The molecule has 1 aliphatic rings. The fourth-order valence-electron chi connectivity index (χ4n) is 2.66. The van der Waals surface area contributed by atoms with Crippen LogP contribution in [0.5, 0.6) is 0 Å². The molecule has 2 aromatic rings. The summed E-state index contributed by atoms with van der Waals surface area (Å²) in [6.45, 7) is 1.20. The lowest BCUT2D eigenvalue weighted by atomic mass is 9.98. The maximum atomic E-state index is 12.4. The number of fused-ring (bicyclic) bond motifs is 1. The van der Waals surface area contributed by atoms with Crippen LogP contribution in [0.4, 0.5) is 0 Å². The molecule has 1 N–H and O–H groups in total. The van der Waals surface area contributed by atoms with Crippen LogP contribution in [0.25, 0.3) is 0 Å². The zero-order valence-electron chi connectivity index (χ0n) is 12.2. The average Bonchev–Trinajstić information content (AvgIpc) is 3.01. The van der Waals surface area contributed by atoms with Crippen molar-refractivity contribution in [2.24, 2.45) is 5.92 Å². The van der Waals surface area contributed by atoms with Gasteiger partial charge in [0, 0.05) is 31.9 Å². The minimum absolute atomic E-state index is 0.0516. The molecule has 0 fully saturated rings. The van der Waals surface area contributed by atoms with Gasteiger partial charge in [-0.3, -0.25) is 0 Å². The van der Waals surface area contributed by atoms with Gasteiger partial charge in [-0.25, -0.2) is 18.1 Å². The van der Waals surface area contributed by atoms with Crippen LogP contribution in [0, 0.1) is 17.2 Å². The third-order valence-electron chi connectivity index (χ3n) is 3.98. The minimum atomic E-state index is -3.66. The number of rotatable bonds is 4. The van der Waals surface area contributed by atoms with E-state index in [4.69, 9.17) is 16.9 Å². The van der Waals surface area contributed by atoms with Gasteiger partial charge in [-0.2, -0.15) is 5.26 Å². The van der Waals surface area contributed by atoms with E-state index in [0.717, 1.165) is 25.2 Å². The van der Waals surface area contributed by atoms with Gasteiger partial charge < -0.3 is 4.57 Å². The van der Waals surface area contributed by atoms with Gasteiger partial charge in [0.05, 0.1) is 15.5 Å². The molecular formula is C15H15ClN4O2S. The normalized spacial score (nSPS) is 17.5. The SMILES string of the molecule is N#Cc1cc(S(=O)(=O)NCC2CCn3ccnc3C2)ccc1Cl. The van der Waals surface area contributed by atoms with Crippen LogP contribution in [0.3, 0.4) is 0 Å². The van der Waals surface area contributed by atoms with Crippen LogP contribution in [0.15, 0.2) is 35.5 Å². The van der Waals surface area contributed by atoms with Gasteiger partial charge in [-0.05, 0) is 30.5 Å². The lowest BCUT2D eigenvalue weighted by Gasteiger charge is -2.23. The number of aromatic nitrogens is 2. The van der Waals surface area contributed by atoms with Crippen molar-refractivity contribution in [3.8, 4) is 6.07 Å². The average molecular weight is 351 g/mol. The molecule has 0 bridgehead atoms. The first kappa shape index (κ1) is 16.0. The summed E-state index contributed by atoms with van der Waals surface area (Å²) in [5, 5.41) is 9.20. The summed E-state index contributed by atoms with van der Waals surface area (Å²) in [7, 11) is -3.66. The van der Waals surface area contributed by atoms with E-state index in [1.165, 1.54) is 18.2 Å². The Morgan fingerprint density at radius 2 is 2.30 bits per heavy atom. The third kappa shape index (κ3) is 3.39. The van der Waals surface area contributed by atoms with Crippen LogP contribution in [-0.2, 0) is 23.0 Å². The van der Waals surface area contributed by atoms with Crippen molar-refractivity contribution in [2.45, 2.75) is 24.3 Å². The van der Waals surface area contributed by atoms with Crippen LogP contribution < -0.4 is 4.72 Å². The first-order valence-corrected chi connectivity index (χ1v) is 9.05. The lowest BCUT2D eigenvalue weighted by Crippen LogP contribution is -2.33. The molecule has 0 saturated carbocycles. The van der Waals surface area contributed by atoms with Crippen molar-refractivity contribution >= 4 is 21.6 Å². The Kier molecular flexibility index (Phi) is 4.39. The number of hydrogen-bond donors (Lipinski definition) is 1. The van der Waals surface area contributed by atoms with Crippen LogP contribution in [-0.4, -0.2) is 24.5 Å². The fraction of sp³-hybridized carbons (Fsp3) is 0.333. The van der Waals surface area contributed by atoms with Crippen LogP contribution in [0.2, 0.25) is 5.02 Å². The van der Waals surface area contributed by atoms with E-state index >= 15 is 0 Å². The predicted octanol–water partition coefficient (Wildman–Crippen LogP) is 1.95. The Bertz CT molecular complexity index is 870. The summed E-state index contributed by atoms with van der Waals surface area (Å²) in [5.41, 5.74) is 0.147. The summed E-state index contributed by atoms with van der Waals surface area (Å²) in [5.74, 6) is 1.20. The van der Waals surface area contributed by atoms with Crippen LogP contribution >= 0.6 is 11.6 Å². The number of nitriles is 1. The Hall–Kier alpha value is -1.88. The fourth-order valence-corrected chi connectivity index (χ4v) is 3.96. The van der Waals surface area contributed by atoms with Gasteiger partial charge in [-0.1, -0.05) is 11.6 Å². The zero-order chi connectivity index (χ0) is 16.4. The molecule has 23 heavy (non-hydrogen) atoms. The molecular weight excluding hydrogens is 336 g/mol. The van der Waals surface area contributed by atoms with Gasteiger partial charge in [0.25, 0.3) is 0 Å². The molecule has 0 spiro atoms. The highest BCUT2D eigenvalue weighted by Crippen LogP contribution is 2.21. The molecule has 1 aromatic heterocycles. The van der Waals surface area contributed by atoms with Crippen LogP contribution in [0.1, 0.15) is 17.8 Å². The number of benzene rings is 1. The molecule has 3 rings (SSSR count). The quantitative estimate of drug-likeness (QED) is 0.912. The van der Waals surface area contributed by atoms with Gasteiger partial charge in [0.2, 0.25) is 10.0 Å². The standard InChI is InChI=1S/C15H15ClN4O2S/c16-14-2-1-13(8-12(14)9-17)23(21,22)19-10-11-3-5-20-6-4-18-15(20)7-11/h1-2,4,6,8,11,19H,3,5,7,10H2. The van der Waals surface area contributed by atoms with E-state index in [-0.39, 0.29) is 21.4 Å². The van der Waals surface area contributed by atoms with Gasteiger partial charge in [0.1, 0.15) is 11.9 Å². The second-order valence-electron chi connectivity index (χ2n) is 5.50. The Labute approximate surface area is 139 Å². The third-order valence-corrected chi connectivity index (χ3v) is 5.73. The van der Waals surface area contributed by atoms with E-state index < -0.39 is 10.0 Å². The summed E-state index contributed by atoms with van der Waals surface area (Å²) < 4.78 is 29.4. The lowest BCUT2D eigenvalue weighted by molar-refractivity contribution is 0.379. The highest BCUT2D eigenvalue weighted by Gasteiger charge is 2.22. The van der Waals surface area contributed by atoms with Crippen molar-refractivity contribution in [2.75, 3.05) is 6.54 Å². The van der Waals surface area contributed by atoms with Crippen molar-refractivity contribution in [3.63, 3.8) is 0 Å². The molecule has 0 saturated heterocycles. The summed E-state index contributed by atoms with van der Waals surface area (Å²) in [4.78, 5) is 4.33. The second-order valence-corrected chi connectivity index (χ2v) is 7.68. The van der Waals surface area contributed by atoms with E-state index in [1.54, 1.807) is 6.20 Å². The monoisotopic (exact) mass is 350 g/mol. The number of imidazole rings is 1. The summed E-state index contributed by atoms with van der Waals surface area (Å²) in [6.07, 6.45) is 5.35. The molecule has 1 aliphatic heterocycles. The number of nitrogens with one attached hydrogen (secondary N) is 1. The smallest absolute Gasteiger partial charge is 0.240 e. The Morgan fingerprint density at radius 3 is 3.09 bits per heavy atom. The first-order chi connectivity index (χ1) is 11.0. The van der Waals surface area contributed by atoms with E-state index in [0.29, 0.717) is 6.54 Å². The highest BCUT2D eigenvalue weighted by molar-refractivity contribution is 7.89. The van der Waals surface area contributed by atoms with Gasteiger partial charge in [-0.15, -0.1) is 0 Å². The highest BCUT2D eigenvalue weighted by atomic mass is 35.5. The van der Waals surface area contributed by atoms with E-state index in [2.05, 4.69) is 14.3 Å². The molecule has 1 aromatic carbocycles. The summed E-state index contributed by atoms with van der Waals surface area (Å²) in [6, 6.07) is 6.00. The molecule has 0 amide bonds. The predicted molar refractivity (Wildman–Crippen MR) is 85.4 cm³/mol. The van der Waals surface area contributed by atoms with Gasteiger partial charge >= 0.3 is 0 Å². The topological polar surface area (TPSA) is 87.8 Å². The maximum absolute atomic E-state index is 12.4. The molecule has 1 atom stereocenters. The number of aryl methyl sites for hydroxylation is 1. The molecule has 6 nitrogen and oxygen atoms in total. The molecule has 0 aliphatic carbocycles. The molecule has 0 radical (unpaired) electrons. The molecule has 8 heteroatoms. The van der Waals surface area contributed by atoms with E-state index in [9.17, 15) is 8.42 Å². The van der Waals surface area contributed by atoms with Crippen molar-refractivity contribution in [1.29, 1.82) is 5.26 Å². The maximum Gasteiger partial charge on any atom is 0.240 e. The van der Waals surface area contributed by atoms with Crippen molar-refractivity contribution in [1.82, 2.24) is 14.3 Å². The largest absolute Gasteiger partial charge is 0.335 e. The van der Waals surface area contributed by atoms with Crippen molar-refractivity contribution in [3.05, 3.63) is 47.0 Å². The molecule has 120 valence electrons. The van der Waals surface area contributed by atoms with Gasteiger partial charge in [0.15, 0.2) is 0 Å². The Morgan fingerprint density at radius 1 is 1.48 bits per heavy atom. The number of nitrogens with zero attached hydrogens (tertiary/aromatic N) is 3. The number of hydrogen-bond acceptors (Lipinski definition) is 4. The second kappa shape index (κ2) is 6.32. The molecule has 1 unspecified atom stereocenters. The Balaban J connectivity index is 1.69.